The van der Waals surface area contributed by atoms with E-state index in [-0.39, 0.29) is 35.6 Å². The number of carbonyl (C=O) groups is 1. The number of hydrazine groups is 1. The summed E-state index contributed by atoms with van der Waals surface area (Å²) in [6.07, 6.45) is 0.106. The number of nitrogens with zero attached hydrogens (tertiary/aromatic N) is 1. The minimum atomic E-state index is -0.796. The van der Waals surface area contributed by atoms with Crippen LogP contribution in [0.2, 0.25) is 0 Å². The summed E-state index contributed by atoms with van der Waals surface area (Å²) in [6, 6.07) is 17.0. The highest BCUT2D eigenvalue weighted by molar-refractivity contribution is 5.85. The molecule has 134 valence electrons. The van der Waals surface area contributed by atoms with Gasteiger partial charge in [0.05, 0.1) is 5.92 Å². The largest absolute Gasteiger partial charge is 0.372 e. The van der Waals surface area contributed by atoms with E-state index in [1.807, 2.05) is 6.92 Å². The van der Waals surface area contributed by atoms with Gasteiger partial charge in [0.1, 0.15) is 6.23 Å². The van der Waals surface area contributed by atoms with Gasteiger partial charge in [0.15, 0.2) is 0 Å². The molecule has 4 heteroatoms. The second kappa shape index (κ2) is 5.66. The highest BCUT2D eigenvalue weighted by Crippen LogP contribution is 2.61. The van der Waals surface area contributed by atoms with E-state index in [4.69, 9.17) is 0 Å². The summed E-state index contributed by atoms with van der Waals surface area (Å²) in [5.41, 5.74) is 8.29. The van der Waals surface area contributed by atoms with Gasteiger partial charge in [-0.05, 0) is 35.6 Å². The molecular weight excluding hydrogens is 324 g/mol. The fourth-order valence-electron chi connectivity index (χ4n) is 5.32. The first-order valence-electron chi connectivity index (χ1n) is 9.58. The molecule has 1 heterocycles. The van der Waals surface area contributed by atoms with Crippen LogP contribution < -0.4 is 5.43 Å². The van der Waals surface area contributed by atoms with Crippen LogP contribution in [0.4, 0.5) is 0 Å². The number of amides is 1. The molecule has 4 atom stereocenters. The number of nitrogens with one attached hydrogen (secondary N) is 1. The van der Waals surface area contributed by atoms with Crippen LogP contribution in [0.3, 0.4) is 0 Å². The number of hydrogen-bond acceptors (Lipinski definition) is 3. The van der Waals surface area contributed by atoms with Crippen LogP contribution in [-0.2, 0) is 4.79 Å². The molecule has 6 rings (SSSR count). The van der Waals surface area contributed by atoms with Crippen molar-refractivity contribution < 1.29 is 9.90 Å². The molecule has 3 unspecified atom stereocenters. The van der Waals surface area contributed by atoms with E-state index in [2.05, 4.69) is 60.9 Å². The van der Waals surface area contributed by atoms with Gasteiger partial charge in [-0.1, -0.05) is 55.5 Å². The number of rotatable bonds is 3. The van der Waals surface area contributed by atoms with Crippen LogP contribution in [0.15, 0.2) is 48.5 Å². The lowest BCUT2D eigenvalue weighted by atomic mass is 9.55. The summed E-state index contributed by atoms with van der Waals surface area (Å²) in [5, 5.41) is 12.6. The Bertz CT molecular complexity index is 832. The van der Waals surface area contributed by atoms with Crippen LogP contribution in [0, 0.1) is 11.8 Å². The molecule has 2 bridgehead atoms. The standard InChI is InChI=1S/C22H24N2O2/c1-3-12(2)23-24-21(25)19-17-13-8-4-5-9-14(13)18(20(19)22(24)26)16-11-7-6-10-15(16)17/h4-12,17-21,23,25H,3H2,1-2H3/t12?,17?,18?,19?,20?,21-/m0/s1. The predicted molar refractivity (Wildman–Crippen MR) is 99.3 cm³/mol. The molecule has 1 aliphatic heterocycles. The Balaban J connectivity index is 1.67. The lowest BCUT2D eigenvalue weighted by Gasteiger charge is -2.47. The molecule has 4 nitrogen and oxygen atoms in total. The van der Waals surface area contributed by atoms with Crippen LogP contribution in [0.25, 0.3) is 0 Å². The third-order valence-corrected chi connectivity index (χ3v) is 6.59. The zero-order valence-corrected chi connectivity index (χ0v) is 15.1. The maximum atomic E-state index is 13.3. The monoisotopic (exact) mass is 348 g/mol. The summed E-state index contributed by atoms with van der Waals surface area (Å²) >= 11 is 0. The van der Waals surface area contributed by atoms with Gasteiger partial charge in [0.2, 0.25) is 5.91 Å². The van der Waals surface area contributed by atoms with Crippen molar-refractivity contribution in [2.24, 2.45) is 11.8 Å². The van der Waals surface area contributed by atoms with Crippen molar-refractivity contribution in [3.8, 4) is 0 Å². The average molecular weight is 348 g/mol. The molecule has 0 spiro atoms. The van der Waals surface area contributed by atoms with Crippen LogP contribution in [-0.4, -0.2) is 28.3 Å². The molecule has 2 N–H and O–H groups in total. The number of carbonyl (C=O) groups excluding carboxylic acids is 1. The Morgan fingerprint density at radius 1 is 1.00 bits per heavy atom. The number of hydrogen-bond donors (Lipinski definition) is 2. The Kier molecular flexibility index (Phi) is 3.49. The number of aliphatic hydroxyl groups excluding tert-OH is 1. The molecule has 4 aliphatic rings. The van der Waals surface area contributed by atoms with Crippen LogP contribution in [0.1, 0.15) is 54.4 Å². The lowest BCUT2D eigenvalue weighted by molar-refractivity contribution is -0.141. The molecule has 0 aromatic heterocycles. The molecule has 26 heavy (non-hydrogen) atoms. The van der Waals surface area contributed by atoms with Gasteiger partial charge >= 0.3 is 0 Å². The van der Waals surface area contributed by atoms with Crippen LogP contribution in [0.5, 0.6) is 0 Å². The van der Waals surface area contributed by atoms with Gasteiger partial charge in [-0.3, -0.25) is 4.79 Å². The highest BCUT2D eigenvalue weighted by Gasteiger charge is 2.61. The molecule has 2 aromatic carbocycles. The minimum Gasteiger partial charge on any atom is -0.372 e. The summed E-state index contributed by atoms with van der Waals surface area (Å²) in [5.74, 6) is -0.171. The molecule has 0 radical (unpaired) electrons. The van der Waals surface area contributed by atoms with E-state index < -0.39 is 6.23 Å². The fourth-order valence-corrected chi connectivity index (χ4v) is 5.32. The molecule has 2 aromatic rings. The maximum Gasteiger partial charge on any atom is 0.243 e. The highest BCUT2D eigenvalue weighted by atomic mass is 16.3. The van der Waals surface area contributed by atoms with Gasteiger partial charge in [-0.2, -0.15) is 0 Å². The zero-order valence-electron chi connectivity index (χ0n) is 15.1. The Hall–Kier alpha value is -2.17. The van der Waals surface area contributed by atoms with Gasteiger partial charge in [-0.15, -0.1) is 0 Å². The first kappa shape index (κ1) is 16.0. The summed E-state index contributed by atoms with van der Waals surface area (Å²) in [6.45, 7) is 4.12. The van der Waals surface area contributed by atoms with Crippen LogP contribution >= 0.6 is 0 Å². The van der Waals surface area contributed by atoms with E-state index in [1.54, 1.807) is 0 Å². The van der Waals surface area contributed by atoms with Crippen molar-refractivity contribution in [1.82, 2.24) is 10.4 Å². The lowest BCUT2D eigenvalue weighted by Crippen LogP contribution is -2.49. The number of aliphatic hydroxyl groups is 1. The van der Waals surface area contributed by atoms with Gasteiger partial charge in [0.25, 0.3) is 0 Å². The molecule has 1 saturated heterocycles. The molecule has 0 saturated carbocycles. The Morgan fingerprint density at radius 2 is 1.50 bits per heavy atom. The Labute approximate surface area is 153 Å². The zero-order chi connectivity index (χ0) is 18.0. The van der Waals surface area contributed by atoms with Crippen molar-refractivity contribution in [3.05, 3.63) is 70.8 Å². The molecular formula is C22H24N2O2. The quantitative estimate of drug-likeness (QED) is 0.897. The second-order valence-electron chi connectivity index (χ2n) is 7.88. The van der Waals surface area contributed by atoms with Crippen molar-refractivity contribution in [1.29, 1.82) is 0 Å². The van der Waals surface area contributed by atoms with Crippen molar-refractivity contribution in [3.63, 3.8) is 0 Å². The third kappa shape index (κ3) is 1.94. The SMILES string of the molecule is CCC(C)NN1C(=O)C2C3c4ccccc4C(c4ccccc43)C2[C@@H]1O. The number of benzene rings is 2. The molecule has 3 aliphatic carbocycles. The average Bonchev–Trinajstić information content (AvgIpc) is 2.93. The Morgan fingerprint density at radius 3 is 2.00 bits per heavy atom. The second-order valence-corrected chi connectivity index (χ2v) is 7.88. The van der Waals surface area contributed by atoms with Gasteiger partial charge < -0.3 is 5.11 Å². The van der Waals surface area contributed by atoms with E-state index in [1.165, 1.54) is 27.3 Å². The smallest absolute Gasteiger partial charge is 0.243 e. The topological polar surface area (TPSA) is 52.6 Å². The van der Waals surface area contributed by atoms with Crippen molar-refractivity contribution in [2.75, 3.05) is 0 Å². The van der Waals surface area contributed by atoms with E-state index in [0.29, 0.717) is 0 Å². The minimum absolute atomic E-state index is 0.0295. The normalized spacial score (nSPS) is 32.2. The summed E-state index contributed by atoms with van der Waals surface area (Å²) < 4.78 is 0. The van der Waals surface area contributed by atoms with Gasteiger partial charge in [-0.25, -0.2) is 10.4 Å². The molecule has 1 fully saturated rings. The molecule has 1 amide bonds. The first-order valence-corrected chi connectivity index (χ1v) is 9.58. The predicted octanol–water partition coefficient (Wildman–Crippen LogP) is 2.97. The van der Waals surface area contributed by atoms with Crippen molar-refractivity contribution in [2.45, 2.75) is 44.4 Å². The van der Waals surface area contributed by atoms with E-state index >= 15 is 0 Å². The van der Waals surface area contributed by atoms with Crippen molar-refractivity contribution >= 4 is 5.91 Å². The summed E-state index contributed by atoms with van der Waals surface area (Å²) in [7, 11) is 0. The third-order valence-electron chi connectivity index (χ3n) is 6.59. The first-order chi connectivity index (χ1) is 12.6. The maximum absolute atomic E-state index is 13.3. The summed E-state index contributed by atoms with van der Waals surface area (Å²) in [4.78, 5) is 13.3. The fraction of sp³-hybridized carbons (Fsp3) is 0.409. The van der Waals surface area contributed by atoms with Gasteiger partial charge in [0, 0.05) is 23.8 Å². The van der Waals surface area contributed by atoms with E-state index in [9.17, 15) is 9.90 Å². The van der Waals surface area contributed by atoms with E-state index in [0.717, 1.165) is 6.42 Å².